The quantitative estimate of drug-likeness (QED) is 0.139. The maximum Gasteiger partial charge on any atom is 0.339 e. The van der Waals surface area contributed by atoms with Crippen molar-refractivity contribution in [3.8, 4) is 11.5 Å². The van der Waals surface area contributed by atoms with Gasteiger partial charge in [0.05, 0.1) is 22.2 Å². The summed E-state index contributed by atoms with van der Waals surface area (Å²) in [5, 5.41) is 13.0. The average Bonchev–Trinajstić information content (AvgIpc) is 2.88. The minimum Gasteiger partial charge on any atom is -0.493 e. The number of urea groups is 1. The number of ether oxygens (including phenoxy) is 1. The Morgan fingerprint density at radius 1 is 1.03 bits per heavy atom. The molecule has 38 heavy (non-hydrogen) atoms. The van der Waals surface area contributed by atoms with Crippen LogP contribution in [0.5, 0.6) is 11.5 Å². The highest BCUT2D eigenvalue weighted by molar-refractivity contribution is 9.10. The van der Waals surface area contributed by atoms with Crippen LogP contribution in [0.15, 0.2) is 81.7 Å². The van der Waals surface area contributed by atoms with Crippen LogP contribution in [-0.4, -0.2) is 38.3 Å². The lowest BCUT2D eigenvalue weighted by atomic mass is 10.1. The van der Waals surface area contributed by atoms with Crippen molar-refractivity contribution < 1.29 is 36.6 Å². The third-order valence-electron chi connectivity index (χ3n) is 5.21. The van der Waals surface area contributed by atoms with Crippen LogP contribution in [0.2, 0.25) is 0 Å². The first-order valence-corrected chi connectivity index (χ1v) is 12.7. The smallest absolute Gasteiger partial charge is 0.339 e. The molecule has 0 radical (unpaired) electrons. The molecule has 0 aromatic heterocycles. The van der Waals surface area contributed by atoms with E-state index in [0.29, 0.717) is 4.90 Å². The van der Waals surface area contributed by atoms with E-state index >= 15 is 0 Å². The summed E-state index contributed by atoms with van der Waals surface area (Å²) >= 11 is 3.23. The summed E-state index contributed by atoms with van der Waals surface area (Å²) in [5.41, 5.74) is -0.443. The first-order chi connectivity index (χ1) is 18.0. The first-order valence-electron chi connectivity index (χ1n) is 10.5. The van der Waals surface area contributed by atoms with Gasteiger partial charge in [0.2, 0.25) is 0 Å². The predicted molar refractivity (Wildman–Crippen MR) is 137 cm³/mol. The standard InChI is InChI=1S/C24H16BrN3O9S/c1-36-20-13-14(12-19(25)21(20)37-38(34,35)17-5-3-2-4-6-17)11-18-22(29)26-24(31)27(23(18)30)15-7-9-16(10-8-15)28(32)33/h2-13H,1H3,(H,26,29,31)/b18-11+. The molecule has 1 aliphatic rings. The number of halogens is 1. The van der Waals surface area contributed by atoms with Crippen LogP contribution in [0.4, 0.5) is 16.2 Å². The topological polar surface area (TPSA) is 162 Å². The Balaban J connectivity index is 1.69. The Labute approximate surface area is 223 Å². The van der Waals surface area contributed by atoms with Crippen LogP contribution >= 0.6 is 15.9 Å². The molecule has 14 heteroatoms. The number of methoxy groups -OCH3 is 1. The summed E-state index contributed by atoms with van der Waals surface area (Å²) in [5.74, 6) is -2.15. The van der Waals surface area contributed by atoms with Crippen LogP contribution < -0.4 is 19.1 Å². The normalized spacial score (nSPS) is 14.8. The van der Waals surface area contributed by atoms with Crippen LogP contribution in [0.1, 0.15) is 5.56 Å². The van der Waals surface area contributed by atoms with Crippen molar-refractivity contribution >= 4 is 61.3 Å². The third-order valence-corrected chi connectivity index (χ3v) is 7.03. The lowest BCUT2D eigenvalue weighted by molar-refractivity contribution is -0.384. The van der Waals surface area contributed by atoms with Crippen molar-refractivity contribution in [3.63, 3.8) is 0 Å². The maximum atomic E-state index is 13.1. The SMILES string of the molecule is COc1cc(/C=C2\C(=O)NC(=O)N(c3ccc([N+](=O)[O-])cc3)C2=O)cc(Br)c1OS(=O)(=O)c1ccccc1. The molecule has 1 fully saturated rings. The molecular formula is C24H16BrN3O9S. The van der Waals surface area contributed by atoms with Gasteiger partial charge in [-0.25, -0.2) is 9.69 Å². The van der Waals surface area contributed by atoms with Crippen molar-refractivity contribution in [2.75, 3.05) is 12.0 Å². The highest BCUT2D eigenvalue weighted by Crippen LogP contribution is 2.39. The van der Waals surface area contributed by atoms with Gasteiger partial charge in [-0.1, -0.05) is 18.2 Å². The lowest BCUT2D eigenvalue weighted by Crippen LogP contribution is -2.54. The van der Waals surface area contributed by atoms with E-state index in [1.165, 1.54) is 61.7 Å². The molecule has 1 heterocycles. The summed E-state index contributed by atoms with van der Waals surface area (Å²) in [7, 11) is -2.94. The zero-order valence-electron chi connectivity index (χ0n) is 19.3. The molecule has 3 aromatic carbocycles. The van der Waals surface area contributed by atoms with E-state index in [-0.39, 0.29) is 37.8 Å². The van der Waals surface area contributed by atoms with Crippen LogP contribution in [0.3, 0.4) is 0 Å². The van der Waals surface area contributed by atoms with E-state index in [9.17, 15) is 32.9 Å². The summed E-state index contributed by atoms with van der Waals surface area (Å²) in [6, 6.07) is 13.8. The number of non-ortho nitro benzene ring substituents is 1. The van der Waals surface area contributed by atoms with Gasteiger partial charge in [-0.15, -0.1) is 0 Å². The van der Waals surface area contributed by atoms with E-state index in [4.69, 9.17) is 8.92 Å². The fourth-order valence-corrected chi connectivity index (χ4v) is 5.06. The molecule has 0 spiro atoms. The molecule has 1 aliphatic heterocycles. The highest BCUT2D eigenvalue weighted by Gasteiger charge is 2.37. The Morgan fingerprint density at radius 2 is 1.68 bits per heavy atom. The van der Waals surface area contributed by atoms with Crippen LogP contribution in [0.25, 0.3) is 6.08 Å². The Bertz CT molecular complexity index is 1610. The maximum absolute atomic E-state index is 13.1. The largest absolute Gasteiger partial charge is 0.493 e. The van der Waals surface area contributed by atoms with Gasteiger partial charge in [0.15, 0.2) is 11.5 Å². The van der Waals surface area contributed by atoms with Gasteiger partial charge >= 0.3 is 16.1 Å². The zero-order valence-corrected chi connectivity index (χ0v) is 21.7. The Hall–Kier alpha value is -4.56. The molecule has 0 bridgehead atoms. The number of nitrogens with one attached hydrogen (secondary N) is 1. The summed E-state index contributed by atoms with van der Waals surface area (Å²) < 4.78 is 36.1. The number of barbiturate groups is 1. The second-order valence-corrected chi connectivity index (χ2v) is 10.0. The molecule has 1 N–H and O–H groups in total. The predicted octanol–water partition coefficient (Wildman–Crippen LogP) is 3.80. The molecule has 194 valence electrons. The van der Waals surface area contributed by atoms with Gasteiger partial charge in [0, 0.05) is 12.1 Å². The molecule has 3 aromatic rings. The van der Waals surface area contributed by atoms with Gasteiger partial charge in [-0.2, -0.15) is 8.42 Å². The van der Waals surface area contributed by atoms with Gasteiger partial charge in [-0.3, -0.25) is 25.0 Å². The van der Waals surface area contributed by atoms with Gasteiger partial charge in [0.25, 0.3) is 17.5 Å². The van der Waals surface area contributed by atoms with Crippen LogP contribution in [0, 0.1) is 10.1 Å². The van der Waals surface area contributed by atoms with Crippen LogP contribution in [-0.2, 0) is 19.7 Å². The number of hydrogen-bond acceptors (Lipinski definition) is 9. The number of nitro groups is 1. The van der Waals surface area contributed by atoms with Crippen molar-refractivity contribution in [3.05, 3.63) is 92.5 Å². The number of carbonyl (C=O) groups is 3. The van der Waals surface area contributed by atoms with E-state index in [1.54, 1.807) is 6.07 Å². The van der Waals surface area contributed by atoms with Crippen molar-refractivity contribution in [1.82, 2.24) is 5.32 Å². The molecule has 12 nitrogen and oxygen atoms in total. The lowest BCUT2D eigenvalue weighted by Gasteiger charge is -2.26. The second kappa shape index (κ2) is 10.4. The molecule has 4 rings (SSSR count). The fourth-order valence-electron chi connectivity index (χ4n) is 3.43. The minimum atomic E-state index is -4.21. The molecule has 1 saturated heterocycles. The Morgan fingerprint density at radius 3 is 2.29 bits per heavy atom. The number of hydrogen-bond donors (Lipinski definition) is 1. The number of nitrogens with zero attached hydrogens (tertiary/aromatic N) is 2. The fraction of sp³-hybridized carbons (Fsp3) is 0.0417. The number of carbonyl (C=O) groups excluding carboxylic acids is 3. The second-order valence-electron chi connectivity index (χ2n) is 7.62. The summed E-state index contributed by atoms with van der Waals surface area (Å²) in [6.45, 7) is 0. The summed E-state index contributed by atoms with van der Waals surface area (Å²) in [6.07, 6.45) is 1.17. The van der Waals surface area contributed by atoms with Gasteiger partial charge in [0.1, 0.15) is 10.5 Å². The Kier molecular flexibility index (Phi) is 7.28. The van der Waals surface area contributed by atoms with E-state index < -0.39 is 38.5 Å². The monoisotopic (exact) mass is 601 g/mol. The molecule has 0 saturated carbocycles. The number of imide groups is 2. The highest BCUT2D eigenvalue weighted by atomic mass is 79.9. The molecule has 0 unspecified atom stereocenters. The van der Waals surface area contributed by atoms with E-state index in [0.717, 1.165) is 12.1 Å². The zero-order chi connectivity index (χ0) is 27.6. The number of rotatable bonds is 7. The average molecular weight is 602 g/mol. The van der Waals surface area contributed by atoms with E-state index in [2.05, 4.69) is 15.9 Å². The molecule has 4 amide bonds. The number of benzene rings is 3. The summed E-state index contributed by atoms with van der Waals surface area (Å²) in [4.78, 5) is 48.9. The minimum absolute atomic E-state index is 0.00475. The van der Waals surface area contributed by atoms with Crippen molar-refractivity contribution in [1.29, 1.82) is 0 Å². The van der Waals surface area contributed by atoms with Gasteiger partial charge < -0.3 is 8.92 Å². The molecular weight excluding hydrogens is 586 g/mol. The van der Waals surface area contributed by atoms with Crippen molar-refractivity contribution in [2.24, 2.45) is 0 Å². The van der Waals surface area contributed by atoms with Crippen molar-refractivity contribution in [2.45, 2.75) is 4.90 Å². The number of anilines is 1. The number of nitro benzene ring substituents is 1. The van der Waals surface area contributed by atoms with E-state index in [1.807, 2.05) is 5.32 Å². The van der Waals surface area contributed by atoms with Gasteiger partial charge in [-0.05, 0) is 64.0 Å². The number of amides is 4. The molecule has 0 aliphatic carbocycles. The first kappa shape index (κ1) is 26.5. The molecule has 0 atom stereocenters. The third kappa shape index (κ3) is 5.26.